The Hall–Kier alpha value is -6.04. The predicted molar refractivity (Wildman–Crippen MR) is 202 cm³/mol. The van der Waals surface area contributed by atoms with Gasteiger partial charge in [0.25, 0.3) is 17.6 Å². The molecule has 2 N–H and O–H groups in total. The minimum absolute atomic E-state index is 0.0452. The molecule has 9 nitrogen and oxygen atoms in total. The van der Waals surface area contributed by atoms with Crippen LogP contribution >= 0.6 is 0 Å². The van der Waals surface area contributed by atoms with Gasteiger partial charge in [0.1, 0.15) is 12.4 Å². The van der Waals surface area contributed by atoms with Crippen LogP contribution in [0.2, 0.25) is 0 Å². The van der Waals surface area contributed by atoms with Gasteiger partial charge in [-0.1, -0.05) is 42.5 Å². The Morgan fingerprint density at radius 2 is 1.45 bits per heavy atom. The molecule has 1 aromatic heterocycles. The van der Waals surface area contributed by atoms with Crippen LogP contribution in [0.4, 0.5) is 18.9 Å². The zero-order chi connectivity index (χ0) is 39.0. The first-order chi connectivity index (χ1) is 26.9. The fourth-order valence-electron chi connectivity index (χ4n) is 8.99. The monoisotopic (exact) mass is 760 g/mol. The quantitative estimate of drug-likeness (QED) is 0.0979. The molecule has 0 aliphatic heterocycles. The first-order valence-corrected chi connectivity index (χ1v) is 18.7. The highest BCUT2D eigenvalue weighted by molar-refractivity contribution is 6.46. The van der Waals surface area contributed by atoms with Crippen molar-refractivity contribution in [3.05, 3.63) is 132 Å². The number of halogens is 3. The Balaban J connectivity index is 0.822. The summed E-state index contributed by atoms with van der Waals surface area (Å²) in [7, 11) is 0. The second-order valence-electron chi connectivity index (χ2n) is 15.5. The fraction of sp³-hybridized carbons (Fsp3) is 0.295. The van der Waals surface area contributed by atoms with Crippen LogP contribution in [0.3, 0.4) is 0 Å². The number of carbonyl (C=O) groups excluding carboxylic acids is 4. The van der Waals surface area contributed by atoms with Gasteiger partial charge < -0.3 is 19.9 Å². The number of hydrogen-bond acceptors (Lipinski definition) is 6. The lowest BCUT2D eigenvalue weighted by Crippen LogP contribution is -2.60. The number of nitrogens with zero attached hydrogens (tertiary/aromatic N) is 2. The maximum atomic E-state index is 13.0. The van der Waals surface area contributed by atoms with E-state index in [0.717, 1.165) is 65.9 Å². The van der Waals surface area contributed by atoms with Crippen molar-refractivity contribution in [3.8, 4) is 22.7 Å². The minimum Gasteiger partial charge on any atom is -0.489 e. The number of Topliss-reactive ketones (excluding diaryl/α,β-unsaturated/α-hetero) is 2. The molecule has 0 saturated heterocycles. The molecule has 0 atom stereocenters. The van der Waals surface area contributed by atoms with E-state index in [9.17, 15) is 32.3 Å². The number of hydrogen-bond donors (Lipinski definition) is 2. The topological polar surface area (TPSA) is 119 Å². The zero-order valence-electron chi connectivity index (χ0n) is 30.4. The van der Waals surface area contributed by atoms with Gasteiger partial charge in [-0.25, -0.2) is 4.98 Å². The Kier molecular flexibility index (Phi) is 9.82. The van der Waals surface area contributed by atoms with E-state index < -0.39 is 35.1 Å². The molecule has 9 rings (SSSR count). The molecule has 4 aromatic carbocycles. The van der Waals surface area contributed by atoms with Gasteiger partial charge >= 0.3 is 6.18 Å². The highest BCUT2D eigenvalue weighted by Crippen LogP contribution is 2.55. The molecule has 4 saturated carbocycles. The van der Waals surface area contributed by atoms with E-state index in [1.54, 1.807) is 47.3 Å². The summed E-state index contributed by atoms with van der Waals surface area (Å²) in [5.74, 6) is -0.110. The number of nitrogens with one attached hydrogen (secondary N) is 2. The summed E-state index contributed by atoms with van der Waals surface area (Å²) in [6, 6.07) is 25.2. The Morgan fingerprint density at radius 3 is 2.09 bits per heavy atom. The number of ether oxygens (including phenoxy) is 1. The van der Waals surface area contributed by atoms with E-state index in [0.29, 0.717) is 41.5 Å². The summed E-state index contributed by atoms with van der Waals surface area (Å²) >= 11 is 0. The maximum Gasteiger partial charge on any atom is 0.416 e. The fourth-order valence-corrected chi connectivity index (χ4v) is 8.99. The summed E-state index contributed by atoms with van der Waals surface area (Å²) < 4.78 is 46.3. The smallest absolute Gasteiger partial charge is 0.416 e. The number of ketones is 2. The van der Waals surface area contributed by atoms with Gasteiger partial charge in [0, 0.05) is 40.7 Å². The van der Waals surface area contributed by atoms with Crippen molar-refractivity contribution in [1.82, 2.24) is 14.9 Å². The molecular weight excluding hydrogens is 722 g/mol. The van der Waals surface area contributed by atoms with Crippen LogP contribution in [-0.4, -0.2) is 38.5 Å². The number of anilines is 1. The summed E-state index contributed by atoms with van der Waals surface area (Å²) in [4.78, 5) is 55.4. The largest absolute Gasteiger partial charge is 0.489 e. The zero-order valence-corrected chi connectivity index (χ0v) is 30.4. The lowest BCUT2D eigenvalue weighted by Gasteiger charge is -2.56. The lowest BCUT2D eigenvalue weighted by molar-refractivity contribution is -0.141. The SMILES string of the molecule is O=C(Cc1ccc(OCc2cccc(-c3cn(-c4ccc(NC(=O)C(=O)c5ccc(C(F)(F)F)cc5)cc4)cn3)c2)cc1)C(=O)NC12CC3CC(CC(C3)C1)C2. The van der Waals surface area contributed by atoms with Crippen LogP contribution in [0.5, 0.6) is 5.75 Å². The van der Waals surface area contributed by atoms with Crippen molar-refractivity contribution in [1.29, 1.82) is 0 Å². The molecule has 5 aromatic rings. The normalized spacial score (nSPS) is 21.0. The van der Waals surface area contributed by atoms with Crippen molar-refractivity contribution < 1.29 is 37.1 Å². The Labute approximate surface area is 321 Å². The van der Waals surface area contributed by atoms with E-state index in [1.165, 1.54) is 19.3 Å². The first kappa shape index (κ1) is 36.9. The number of alkyl halides is 3. The third-order valence-electron chi connectivity index (χ3n) is 11.3. The van der Waals surface area contributed by atoms with E-state index >= 15 is 0 Å². The molecule has 1 heterocycles. The second-order valence-corrected chi connectivity index (χ2v) is 15.5. The second kappa shape index (κ2) is 14.9. The summed E-state index contributed by atoms with van der Waals surface area (Å²) in [6.45, 7) is 0.300. The van der Waals surface area contributed by atoms with Crippen LogP contribution in [0.15, 0.2) is 110 Å². The minimum atomic E-state index is -4.54. The third kappa shape index (κ3) is 8.14. The van der Waals surface area contributed by atoms with Gasteiger partial charge in [0.05, 0.1) is 17.6 Å². The number of carbonyl (C=O) groups is 4. The standard InChI is InChI=1S/C44H39F3N4O5/c45-44(46,47)34-8-6-32(7-9-34)40(53)42(55)49-35-10-12-36(13-11-35)51-24-38(48-26-51)33-3-1-2-28(19-33)25-56-37-14-4-27(5-15-37)20-39(52)41(54)50-43-21-29-16-30(22-43)18-31(17-29)23-43/h1-15,19,24,26,29-31H,16-18,20-23,25H2,(H,49,55)(H,50,54). The molecular formula is C44H39F3N4O5. The number of amides is 2. The van der Waals surface area contributed by atoms with Gasteiger partial charge in [-0.2, -0.15) is 13.2 Å². The number of imidazole rings is 1. The van der Waals surface area contributed by atoms with Gasteiger partial charge in [-0.3, -0.25) is 19.2 Å². The van der Waals surface area contributed by atoms with Crippen LogP contribution in [0.1, 0.15) is 65.6 Å². The van der Waals surface area contributed by atoms with E-state index in [1.807, 2.05) is 42.6 Å². The molecule has 2 amide bonds. The van der Waals surface area contributed by atoms with Crippen LogP contribution in [-0.2, 0) is 33.6 Å². The van der Waals surface area contributed by atoms with Gasteiger partial charge in [-0.05, 0) is 122 Å². The Bertz CT molecular complexity index is 2250. The summed E-state index contributed by atoms with van der Waals surface area (Å²) in [6.07, 6.45) is 5.83. The molecule has 4 aliphatic rings. The van der Waals surface area contributed by atoms with Gasteiger partial charge in [0.15, 0.2) is 0 Å². The molecule has 4 fully saturated rings. The van der Waals surface area contributed by atoms with Crippen LogP contribution < -0.4 is 15.4 Å². The molecule has 0 radical (unpaired) electrons. The molecule has 0 unspecified atom stereocenters. The average molecular weight is 761 g/mol. The van der Waals surface area contributed by atoms with Crippen LogP contribution in [0.25, 0.3) is 16.9 Å². The molecule has 4 aliphatic carbocycles. The maximum absolute atomic E-state index is 13.0. The number of aromatic nitrogens is 2. The van der Waals surface area contributed by atoms with Crippen LogP contribution in [0, 0.1) is 17.8 Å². The van der Waals surface area contributed by atoms with E-state index in [2.05, 4.69) is 15.6 Å². The molecule has 4 bridgehead atoms. The van der Waals surface area contributed by atoms with Gasteiger partial charge in [-0.15, -0.1) is 0 Å². The first-order valence-electron chi connectivity index (χ1n) is 18.7. The van der Waals surface area contributed by atoms with Crippen molar-refractivity contribution >= 4 is 29.1 Å². The average Bonchev–Trinajstić information content (AvgIpc) is 3.67. The summed E-state index contributed by atoms with van der Waals surface area (Å²) in [5.41, 5.74) is 3.09. The molecule has 56 heavy (non-hydrogen) atoms. The van der Waals surface area contributed by atoms with Crippen molar-refractivity contribution in [3.63, 3.8) is 0 Å². The third-order valence-corrected chi connectivity index (χ3v) is 11.3. The Morgan fingerprint density at radius 1 is 0.786 bits per heavy atom. The number of benzene rings is 4. The van der Waals surface area contributed by atoms with E-state index in [-0.39, 0.29) is 17.5 Å². The van der Waals surface area contributed by atoms with E-state index in [4.69, 9.17) is 4.74 Å². The lowest BCUT2D eigenvalue weighted by atomic mass is 9.53. The predicted octanol–water partition coefficient (Wildman–Crippen LogP) is 8.16. The highest BCUT2D eigenvalue weighted by Gasteiger charge is 2.51. The highest BCUT2D eigenvalue weighted by atomic mass is 19.4. The van der Waals surface area contributed by atoms with Crippen molar-refractivity contribution in [2.45, 2.75) is 63.3 Å². The van der Waals surface area contributed by atoms with Crippen molar-refractivity contribution in [2.24, 2.45) is 17.8 Å². The van der Waals surface area contributed by atoms with Gasteiger partial charge in [0.2, 0.25) is 5.78 Å². The number of rotatable bonds is 12. The molecule has 12 heteroatoms. The van der Waals surface area contributed by atoms with Crippen molar-refractivity contribution in [2.75, 3.05) is 5.32 Å². The summed E-state index contributed by atoms with van der Waals surface area (Å²) in [5, 5.41) is 5.66. The molecule has 0 spiro atoms. The molecule has 286 valence electrons.